The van der Waals surface area contributed by atoms with Crippen molar-refractivity contribution in [2.24, 2.45) is 0 Å². The maximum atomic E-state index is 11.9. The molecule has 0 radical (unpaired) electrons. The molecule has 1 aliphatic rings. The van der Waals surface area contributed by atoms with Crippen molar-refractivity contribution in [3.05, 3.63) is 58.5 Å². The second-order valence-electron chi connectivity index (χ2n) is 5.64. The number of carbonyl (C=O) groups excluding carboxylic acids is 1. The first-order chi connectivity index (χ1) is 11.3. The monoisotopic (exact) mass is 324 g/mol. The molecule has 3 aromatic rings. The number of ether oxygens (including phenoxy) is 1. The summed E-state index contributed by atoms with van der Waals surface area (Å²) >= 11 is 1.45. The van der Waals surface area contributed by atoms with E-state index in [0.717, 1.165) is 34.4 Å². The Morgan fingerprint density at radius 3 is 2.91 bits per heavy atom. The third-order valence-electron chi connectivity index (χ3n) is 3.80. The molecule has 1 heterocycles. The fraction of sp³-hybridized carbons (Fsp3) is 0.222. The second kappa shape index (κ2) is 6.01. The Morgan fingerprint density at radius 1 is 1.22 bits per heavy atom. The molecule has 1 fully saturated rings. The summed E-state index contributed by atoms with van der Waals surface area (Å²) in [6.07, 6.45) is 2.15. The summed E-state index contributed by atoms with van der Waals surface area (Å²) < 4.78 is 5.91. The van der Waals surface area contributed by atoms with Gasteiger partial charge in [-0.05, 0) is 24.3 Å². The van der Waals surface area contributed by atoms with Gasteiger partial charge >= 0.3 is 0 Å². The smallest absolute Gasteiger partial charge is 0.270 e. The molecule has 1 N–H and O–H groups in total. The third kappa shape index (κ3) is 3.19. The van der Waals surface area contributed by atoms with Gasteiger partial charge in [-0.3, -0.25) is 4.79 Å². The zero-order valence-electron chi connectivity index (χ0n) is 12.5. The standard InChI is InChI=1S/C18H16N2O2S/c21-18(19-13-8-9-13)15-11-23-17(20-15)10-22-16-7-3-5-12-4-1-2-6-14(12)16/h1-7,11,13H,8-10H2,(H,19,21). The van der Waals surface area contributed by atoms with Crippen molar-refractivity contribution in [1.82, 2.24) is 10.3 Å². The van der Waals surface area contributed by atoms with E-state index in [1.165, 1.54) is 11.3 Å². The Balaban J connectivity index is 1.46. The van der Waals surface area contributed by atoms with Crippen molar-refractivity contribution >= 4 is 28.0 Å². The summed E-state index contributed by atoms with van der Waals surface area (Å²) in [5, 5.41) is 7.77. The van der Waals surface area contributed by atoms with E-state index in [1.807, 2.05) is 30.3 Å². The maximum absolute atomic E-state index is 11.9. The zero-order valence-corrected chi connectivity index (χ0v) is 13.3. The third-order valence-corrected chi connectivity index (χ3v) is 4.62. The van der Waals surface area contributed by atoms with Gasteiger partial charge in [0.15, 0.2) is 0 Å². The number of thiazole rings is 1. The Morgan fingerprint density at radius 2 is 2.04 bits per heavy atom. The number of amides is 1. The largest absolute Gasteiger partial charge is 0.486 e. The number of hydrogen-bond acceptors (Lipinski definition) is 4. The molecule has 1 saturated carbocycles. The number of benzene rings is 2. The molecule has 4 rings (SSSR count). The van der Waals surface area contributed by atoms with Gasteiger partial charge in [-0.2, -0.15) is 0 Å². The normalized spacial score (nSPS) is 13.9. The number of hydrogen-bond donors (Lipinski definition) is 1. The topological polar surface area (TPSA) is 51.2 Å². The lowest BCUT2D eigenvalue weighted by Gasteiger charge is -2.07. The Kier molecular flexibility index (Phi) is 3.71. The van der Waals surface area contributed by atoms with Gasteiger partial charge in [0.2, 0.25) is 0 Å². The Labute approximate surface area is 138 Å². The SMILES string of the molecule is O=C(NC1CC1)c1csc(COc2cccc3ccccc23)n1. The summed E-state index contributed by atoms with van der Waals surface area (Å²) in [4.78, 5) is 16.3. The first-order valence-electron chi connectivity index (χ1n) is 7.65. The van der Waals surface area contributed by atoms with Crippen LogP contribution in [0.2, 0.25) is 0 Å². The summed E-state index contributed by atoms with van der Waals surface area (Å²) in [7, 11) is 0. The van der Waals surface area contributed by atoms with E-state index < -0.39 is 0 Å². The predicted molar refractivity (Wildman–Crippen MR) is 90.9 cm³/mol. The highest BCUT2D eigenvalue weighted by Gasteiger charge is 2.24. The number of carbonyl (C=O) groups is 1. The first kappa shape index (κ1) is 14.2. The fourth-order valence-electron chi connectivity index (χ4n) is 2.43. The van der Waals surface area contributed by atoms with Crippen LogP contribution in [-0.4, -0.2) is 16.9 Å². The summed E-state index contributed by atoms with van der Waals surface area (Å²) in [6.45, 7) is 0.370. The highest BCUT2D eigenvalue weighted by molar-refractivity contribution is 7.09. The quantitative estimate of drug-likeness (QED) is 0.777. The number of aromatic nitrogens is 1. The minimum absolute atomic E-state index is 0.0832. The molecular formula is C18H16N2O2S. The summed E-state index contributed by atoms with van der Waals surface area (Å²) in [5.74, 6) is 0.752. The van der Waals surface area contributed by atoms with E-state index in [-0.39, 0.29) is 5.91 Å². The summed E-state index contributed by atoms with van der Waals surface area (Å²) in [6, 6.07) is 14.5. The van der Waals surface area contributed by atoms with Crippen molar-refractivity contribution in [1.29, 1.82) is 0 Å². The molecule has 0 spiro atoms. The highest BCUT2D eigenvalue weighted by atomic mass is 32.1. The van der Waals surface area contributed by atoms with Gasteiger partial charge in [0.1, 0.15) is 23.1 Å². The predicted octanol–water partition coefficient (Wildman–Crippen LogP) is 3.77. The molecular weight excluding hydrogens is 308 g/mol. The van der Waals surface area contributed by atoms with E-state index in [2.05, 4.69) is 22.4 Å². The highest BCUT2D eigenvalue weighted by Crippen LogP contribution is 2.26. The fourth-order valence-corrected chi connectivity index (χ4v) is 3.11. The Hall–Kier alpha value is -2.40. The van der Waals surface area contributed by atoms with Gasteiger partial charge in [-0.15, -0.1) is 11.3 Å². The first-order valence-corrected chi connectivity index (χ1v) is 8.53. The lowest BCUT2D eigenvalue weighted by Crippen LogP contribution is -2.25. The van der Waals surface area contributed by atoms with Crippen LogP contribution in [0.25, 0.3) is 10.8 Å². The lowest BCUT2D eigenvalue weighted by molar-refractivity contribution is 0.0946. The van der Waals surface area contributed by atoms with Crippen LogP contribution in [0.3, 0.4) is 0 Å². The molecule has 1 aromatic heterocycles. The van der Waals surface area contributed by atoms with Crippen LogP contribution in [0.4, 0.5) is 0 Å². The lowest BCUT2D eigenvalue weighted by atomic mass is 10.1. The number of nitrogens with one attached hydrogen (secondary N) is 1. The molecule has 5 heteroatoms. The number of fused-ring (bicyclic) bond motifs is 1. The van der Waals surface area contributed by atoms with Crippen LogP contribution >= 0.6 is 11.3 Å². The Bertz CT molecular complexity index is 850. The van der Waals surface area contributed by atoms with Crippen LogP contribution < -0.4 is 10.1 Å². The average Bonchev–Trinajstić information content (AvgIpc) is 3.26. The van der Waals surface area contributed by atoms with Gasteiger partial charge in [-0.25, -0.2) is 4.98 Å². The van der Waals surface area contributed by atoms with Crippen molar-refractivity contribution in [3.63, 3.8) is 0 Å². The molecule has 116 valence electrons. The molecule has 0 bridgehead atoms. The van der Waals surface area contributed by atoms with E-state index in [4.69, 9.17) is 4.74 Å². The molecule has 0 unspecified atom stereocenters. The van der Waals surface area contributed by atoms with E-state index in [9.17, 15) is 4.79 Å². The summed E-state index contributed by atoms with van der Waals surface area (Å²) in [5.41, 5.74) is 0.485. The molecule has 0 saturated heterocycles. The van der Waals surface area contributed by atoms with Crippen molar-refractivity contribution in [2.75, 3.05) is 0 Å². The van der Waals surface area contributed by atoms with Crippen molar-refractivity contribution in [2.45, 2.75) is 25.5 Å². The van der Waals surface area contributed by atoms with Crippen molar-refractivity contribution < 1.29 is 9.53 Å². The van der Waals surface area contributed by atoms with E-state index >= 15 is 0 Å². The van der Waals surface area contributed by atoms with Gasteiger partial charge in [0, 0.05) is 16.8 Å². The van der Waals surface area contributed by atoms with Gasteiger partial charge in [0.25, 0.3) is 5.91 Å². The van der Waals surface area contributed by atoms with E-state index in [0.29, 0.717) is 18.3 Å². The average molecular weight is 324 g/mol. The maximum Gasteiger partial charge on any atom is 0.270 e. The minimum Gasteiger partial charge on any atom is -0.486 e. The minimum atomic E-state index is -0.0832. The van der Waals surface area contributed by atoms with Crippen LogP contribution in [0.15, 0.2) is 47.8 Å². The molecule has 23 heavy (non-hydrogen) atoms. The molecule has 0 atom stereocenters. The van der Waals surface area contributed by atoms with Gasteiger partial charge in [-0.1, -0.05) is 36.4 Å². The van der Waals surface area contributed by atoms with Crippen molar-refractivity contribution in [3.8, 4) is 5.75 Å². The van der Waals surface area contributed by atoms with Gasteiger partial charge < -0.3 is 10.1 Å². The van der Waals surface area contributed by atoms with Crippen LogP contribution in [0.5, 0.6) is 5.75 Å². The molecule has 2 aromatic carbocycles. The van der Waals surface area contributed by atoms with Crippen LogP contribution in [0, 0.1) is 0 Å². The molecule has 1 amide bonds. The van der Waals surface area contributed by atoms with E-state index in [1.54, 1.807) is 5.38 Å². The molecule has 1 aliphatic carbocycles. The number of rotatable bonds is 5. The van der Waals surface area contributed by atoms with Crippen LogP contribution in [-0.2, 0) is 6.61 Å². The molecule has 4 nitrogen and oxygen atoms in total. The van der Waals surface area contributed by atoms with Gasteiger partial charge in [0.05, 0.1) is 0 Å². The number of nitrogens with zero attached hydrogens (tertiary/aromatic N) is 1. The second-order valence-corrected chi connectivity index (χ2v) is 6.58. The van der Waals surface area contributed by atoms with Crippen LogP contribution in [0.1, 0.15) is 28.3 Å². The zero-order chi connectivity index (χ0) is 15.6. The molecule has 0 aliphatic heterocycles.